The molecule has 9 heteroatoms. The number of hydrogen-bond donors (Lipinski definition) is 1. The summed E-state index contributed by atoms with van der Waals surface area (Å²) < 4.78 is 15.5. The van der Waals surface area contributed by atoms with Crippen molar-refractivity contribution in [3.05, 3.63) is 69.6 Å². The molecule has 4 rings (SSSR count). The van der Waals surface area contributed by atoms with E-state index < -0.39 is 10.9 Å². The second-order valence-corrected chi connectivity index (χ2v) is 6.46. The van der Waals surface area contributed by atoms with Crippen LogP contribution < -0.4 is 5.32 Å². The minimum atomic E-state index is -0.445. The number of non-ortho nitro benzene ring substituents is 1. The van der Waals surface area contributed by atoms with Gasteiger partial charge in [0.05, 0.1) is 22.5 Å². The van der Waals surface area contributed by atoms with E-state index in [-0.39, 0.29) is 5.69 Å². The van der Waals surface area contributed by atoms with Crippen molar-refractivity contribution in [1.82, 2.24) is 14.4 Å². The van der Waals surface area contributed by atoms with Gasteiger partial charge in [-0.3, -0.25) is 14.5 Å². The highest BCUT2D eigenvalue weighted by Crippen LogP contribution is 2.30. The van der Waals surface area contributed by atoms with Crippen LogP contribution in [0.5, 0.6) is 0 Å². The number of anilines is 2. The van der Waals surface area contributed by atoms with Gasteiger partial charge in [0.1, 0.15) is 11.3 Å². The molecule has 1 N–H and O–H groups in total. The van der Waals surface area contributed by atoms with Gasteiger partial charge in [-0.25, -0.2) is 9.97 Å². The molecule has 0 atom stereocenters. The molecule has 26 heavy (non-hydrogen) atoms. The van der Waals surface area contributed by atoms with E-state index in [2.05, 4.69) is 15.3 Å². The Hall–Kier alpha value is -3.33. The smallest absolute Gasteiger partial charge is 0.271 e. The monoisotopic (exact) mass is 369 g/mol. The Bertz CT molecular complexity index is 1140. The van der Waals surface area contributed by atoms with Gasteiger partial charge in [-0.1, -0.05) is 12.1 Å². The molecule has 0 spiro atoms. The van der Waals surface area contributed by atoms with Crippen LogP contribution in [0.4, 0.5) is 20.9 Å². The molecule has 3 aromatic heterocycles. The SMILES string of the molecule is Cc1ccc([N+](=O)[O-])cc1Nc1nc(-c2cnc3cccc(F)n23)cs1. The summed E-state index contributed by atoms with van der Waals surface area (Å²) in [7, 11) is 0. The van der Waals surface area contributed by atoms with Crippen molar-refractivity contribution in [1.29, 1.82) is 0 Å². The van der Waals surface area contributed by atoms with Gasteiger partial charge in [0.15, 0.2) is 11.1 Å². The number of imidazole rings is 1. The zero-order valence-electron chi connectivity index (χ0n) is 13.5. The van der Waals surface area contributed by atoms with Crippen LogP contribution in [-0.4, -0.2) is 19.3 Å². The zero-order valence-corrected chi connectivity index (χ0v) is 14.3. The van der Waals surface area contributed by atoms with Crippen molar-refractivity contribution in [2.24, 2.45) is 0 Å². The van der Waals surface area contributed by atoms with E-state index in [1.54, 1.807) is 29.8 Å². The lowest BCUT2D eigenvalue weighted by molar-refractivity contribution is -0.384. The van der Waals surface area contributed by atoms with Crippen molar-refractivity contribution in [2.45, 2.75) is 6.92 Å². The van der Waals surface area contributed by atoms with Crippen LogP contribution >= 0.6 is 11.3 Å². The van der Waals surface area contributed by atoms with Crippen molar-refractivity contribution in [3.8, 4) is 11.4 Å². The van der Waals surface area contributed by atoms with Gasteiger partial charge in [0, 0.05) is 17.5 Å². The number of halogens is 1. The fraction of sp³-hybridized carbons (Fsp3) is 0.0588. The van der Waals surface area contributed by atoms with Gasteiger partial charge >= 0.3 is 0 Å². The largest absolute Gasteiger partial charge is 0.331 e. The number of nitro benzene ring substituents is 1. The molecule has 0 saturated carbocycles. The summed E-state index contributed by atoms with van der Waals surface area (Å²) >= 11 is 1.32. The minimum Gasteiger partial charge on any atom is -0.331 e. The number of nitrogens with zero attached hydrogens (tertiary/aromatic N) is 4. The number of nitro groups is 1. The minimum absolute atomic E-state index is 0.00117. The fourth-order valence-corrected chi connectivity index (χ4v) is 3.32. The molecule has 3 heterocycles. The number of aryl methyl sites for hydroxylation is 1. The number of nitrogens with one attached hydrogen (secondary N) is 1. The number of thiazole rings is 1. The molecule has 1 aromatic carbocycles. The maximum Gasteiger partial charge on any atom is 0.271 e. The van der Waals surface area contributed by atoms with Crippen molar-refractivity contribution in [3.63, 3.8) is 0 Å². The summed E-state index contributed by atoms with van der Waals surface area (Å²) in [6.07, 6.45) is 1.57. The molecule has 4 aromatic rings. The van der Waals surface area contributed by atoms with Crippen LogP contribution in [0, 0.1) is 23.0 Å². The van der Waals surface area contributed by atoms with E-state index in [1.807, 2.05) is 6.92 Å². The highest BCUT2D eigenvalue weighted by molar-refractivity contribution is 7.14. The average Bonchev–Trinajstić information content (AvgIpc) is 3.24. The fourth-order valence-electron chi connectivity index (χ4n) is 2.60. The molecule has 0 aliphatic rings. The Morgan fingerprint density at radius 2 is 2.15 bits per heavy atom. The number of aromatic nitrogens is 3. The second-order valence-electron chi connectivity index (χ2n) is 5.60. The lowest BCUT2D eigenvalue weighted by Gasteiger charge is -2.06. The van der Waals surface area contributed by atoms with Crippen molar-refractivity contribution < 1.29 is 9.31 Å². The first kappa shape index (κ1) is 16.2. The first-order valence-corrected chi connectivity index (χ1v) is 8.51. The normalized spacial score (nSPS) is 11.0. The second kappa shape index (κ2) is 6.19. The average molecular weight is 369 g/mol. The molecule has 0 aliphatic heterocycles. The Balaban J connectivity index is 1.69. The van der Waals surface area contributed by atoms with Crippen LogP contribution in [0.15, 0.2) is 48.0 Å². The molecule has 0 aliphatic carbocycles. The predicted octanol–water partition coefficient (Wildman–Crippen LogP) is 4.56. The zero-order chi connectivity index (χ0) is 18.3. The summed E-state index contributed by atoms with van der Waals surface area (Å²) in [6.45, 7) is 1.85. The van der Waals surface area contributed by atoms with Crippen LogP contribution in [0.2, 0.25) is 0 Å². The molecule has 130 valence electrons. The quantitative estimate of drug-likeness (QED) is 0.324. The van der Waals surface area contributed by atoms with Crippen LogP contribution in [-0.2, 0) is 0 Å². The van der Waals surface area contributed by atoms with Gasteiger partial charge < -0.3 is 5.32 Å². The van der Waals surface area contributed by atoms with Crippen LogP contribution in [0.3, 0.4) is 0 Å². The molecule has 0 radical (unpaired) electrons. The van der Waals surface area contributed by atoms with Gasteiger partial charge in [0.25, 0.3) is 5.69 Å². The van der Waals surface area contributed by atoms with Gasteiger partial charge in [-0.05, 0) is 24.6 Å². The molecule has 0 saturated heterocycles. The number of pyridine rings is 1. The first-order valence-electron chi connectivity index (χ1n) is 7.63. The van der Waals surface area contributed by atoms with E-state index in [0.717, 1.165) is 5.56 Å². The first-order chi connectivity index (χ1) is 12.5. The number of hydrogen-bond acceptors (Lipinski definition) is 6. The summed E-state index contributed by atoms with van der Waals surface area (Å²) in [5.41, 5.74) is 3.06. The topological polar surface area (TPSA) is 85.4 Å². The van der Waals surface area contributed by atoms with E-state index in [1.165, 1.54) is 33.9 Å². The number of fused-ring (bicyclic) bond motifs is 1. The van der Waals surface area contributed by atoms with Crippen LogP contribution in [0.1, 0.15) is 5.56 Å². The van der Waals surface area contributed by atoms with E-state index in [0.29, 0.717) is 27.9 Å². The lowest BCUT2D eigenvalue weighted by Crippen LogP contribution is -1.96. The van der Waals surface area contributed by atoms with E-state index in [4.69, 9.17) is 0 Å². The number of rotatable bonds is 4. The third-order valence-electron chi connectivity index (χ3n) is 3.92. The lowest BCUT2D eigenvalue weighted by atomic mass is 10.2. The van der Waals surface area contributed by atoms with Gasteiger partial charge in [-0.15, -0.1) is 11.3 Å². The molecular weight excluding hydrogens is 357 g/mol. The van der Waals surface area contributed by atoms with E-state index in [9.17, 15) is 14.5 Å². The van der Waals surface area contributed by atoms with Crippen molar-refractivity contribution >= 4 is 33.5 Å². The molecular formula is C17H12FN5O2S. The highest BCUT2D eigenvalue weighted by Gasteiger charge is 2.14. The van der Waals surface area contributed by atoms with Gasteiger partial charge in [-0.2, -0.15) is 4.39 Å². The summed E-state index contributed by atoms with van der Waals surface area (Å²) in [5.74, 6) is -0.424. The summed E-state index contributed by atoms with van der Waals surface area (Å²) in [4.78, 5) is 19.2. The predicted molar refractivity (Wildman–Crippen MR) is 97.4 cm³/mol. The Kier molecular flexibility index (Phi) is 3.85. The van der Waals surface area contributed by atoms with E-state index >= 15 is 0 Å². The Labute approximate surface area is 150 Å². The third-order valence-corrected chi connectivity index (χ3v) is 4.68. The standard InChI is InChI=1S/C17H12FN5O2S/c1-10-5-6-11(23(24)25)7-12(10)20-17-21-13(9-26-17)14-8-19-16-4-2-3-15(18)22(14)16/h2-9H,1H3,(H,20,21). The van der Waals surface area contributed by atoms with Gasteiger partial charge in [0.2, 0.25) is 0 Å². The number of benzene rings is 1. The highest BCUT2D eigenvalue weighted by atomic mass is 32.1. The third kappa shape index (κ3) is 2.78. The summed E-state index contributed by atoms with van der Waals surface area (Å²) in [6, 6.07) is 9.26. The molecule has 7 nitrogen and oxygen atoms in total. The van der Waals surface area contributed by atoms with Crippen LogP contribution in [0.25, 0.3) is 17.0 Å². The molecule has 0 fully saturated rings. The summed E-state index contributed by atoms with van der Waals surface area (Å²) in [5, 5.41) is 16.4. The molecule has 0 unspecified atom stereocenters. The maximum absolute atomic E-state index is 14.1. The Morgan fingerprint density at radius 3 is 2.96 bits per heavy atom. The maximum atomic E-state index is 14.1. The van der Waals surface area contributed by atoms with Crippen molar-refractivity contribution in [2.75, 3.05) is 5.32 Å². The molecule has 0 amide bonds. The molecule has 0 bridgehead atoms. The Morgan fingerprint density at radius 1 is 1.31 bits per heavy atom.